The molecule has 1 unspecified atom stereocenters. The van der Waals surface area contributed by atoms with Gasteiger partial charge < -0.3 is 10.2 Å². The molecule has 2 aliphatic rings. The molecule has 1 aromatic carbocycles. The molecule has 0 radical (unpaired) electrons. The molecule has 0 spiro atoms. The first-order chi connectivity index (χ1) is 7.25. The zero-order chi connectivity index (χ0) is 10.4. The van der Waals surface area contributed by atoms with E-state index >= 15 is 0 Å². The van der Waals surface area contributed by atoms with E-state index in [4.69, 9.17) is 11.6 Å². The highest BCUT2D eigenvalue weighted by molar-refractivity contribution is 6.31. The fourth-order valence-corrected chi connectivity index (χ4v) is 2.65. The van der Waals surface area contributed by atoms with Crippen molar-refractivity contribution in [3.8, 4) is 0 Å². The number of benzene rings is 1. The smallest absolute Gasteiger partial charge is 0.239 e. The molecule has 2 heterocycles. The first kappa shape index (κ1) is 9.04. The molecule has 4 heteroatoms. The number of halogens is 1. The Morgan fingerprint density at radius 3 is 3.20 bits per heavy atom. The van der Waals surface area contributed by atoms with Crippen LogP contribution in [0.15, 0.2) is 18.2 Å². The van der Waals surface area contributed by atoms with Crippen LogP contribution in [0.2, 0.25) is 5.02 Å². The molecule has 15 heavy (non-hydrogen) atoms. The summed E-state index contributed by atoms with van der Waals surface area (Å²) in [7, 11) is 0. The van der Waals surface area contributed by atoms with Crippen LogP contribution in [-0.4, -0.2) is 25.0 Å². The summed E-state index contributed by atoms with van der Waals surface area (Å²) < 4.78 is 0. The predicted molar refractivity (Wildman–Crippen MR) is 59.3 cm³/mol. The number of nitrogens with one attached hydrogen (secondary N) is 1. The molecule has 1 aromatic rings. The van der Waals surface area contributed by atoms with Gasteiger partial charge in [-0.25, -0.2) is 0 Å². The van der Waals surface area contributed by atoms with Crippen LogP contribution in [0.1, 0.15) is 5.56 Å². The van der Waals surface area contributed by atoms with Crippen molar-refractivity contribution in [2.45, 2.75) is 12.5 Å². The number of rotatable bonds is 0. The normalized spacial score (nSPS) is 23.4. The van der Waals surface area contributed by atoms with E-state index in [1.165, 1.54) is 5.56 Å². The first-order valence-corrected chi connectivity index (χ1v) is 5.44. The molecule has 1 fully saturated rings. The predicted octanol–water partition coefficient (Wildman–Crippen LogP) is 1.20. The zero-order valence-corrected chi connectivity index (χ0v) is 8.92. The fourth-order valence-electron chi connectivity index (χ4n) is 2.40. The lowest BCUT2D eigenvalue weighted by atomic mass is 10.1. The van der Waals surface area contributed by atoms with Gasteiger partial charge in [0.25, 0.3) is 0 Å². The van der Waals surface area contributed by atoms with E-state index in [1.54, 1.807) is 0 Å². The highest BCUT2D eigenvalue weighted by Crippen LogP contribution is 2.36. The van der Waals surface area contributed by atoms with Crippen molar-refractivity contribution in [2.75, 3.05) is 18.0 Å². The second-order valence-corrected chi connectivity index (χ2v) is 4.43. The van der Waals surface area contributed by atoms with Gasteiger partial charge in [0.2, 0.25) is 5.91 Å². The molecule has 1 saturated heterocycles. The van der Waals surface area contributed by atoms with Gasteiger partial charge >= 0.3 is 0 Å². The van der Waals surface area contributed by atoms with Crippen LogP contribution < -0.4 is 10.2 Å². The summed E-state index contributed by atoms with van der Waals surface area (Å²) in [4.78, 5) is 13.5. The fraction of sp³-hybridized carbons (Fsp3) is 0.364. The standard InChI is InChI=1S/C11H11ClN2O/c12-9-2-1-3-10-8(9)4-7-5-13-11(15)6-14(7)10/h1-3,7H,4-6H2,(H,13,15). The van der Waals surface area contributed by atoms with Gasteiger partial charge in [-0.2, -0.15) is 0 Å². The lowest BCUT2D eigenvalue weighted by Crippen LogP contribution is -2.52. The quantitative estimate of drug-likeness (QED) is 0.716. The Balaban J connectivity index is 2.04. The molecule has 3 nitrogen and oxygen atoms in total. The van der Waals surface area contributed by atoms with Crippen LogP contribution in [0.4, 0.5) is 5.69 Å². The van der Waals surface area contributed by atoms with Gasteiger partial charge in [-0.05, 0) is 24.1 Å². The summed E-state index contributed by atoms with van der Waals surface area (Å²) in [5, 5.41) is 3.70. The summed E-state index contributed by atoms with van der Waals surface area (Å²) in [5.41, 5.74) is 2.31. The third-order valence-electron chi connectivity index (χ3n) is 3.13. The third-order valence-corrected chi connectivity index (χ3v) is 3.49. The van der Waals surface area contributed by atoms with E-state index in [1.807, 2.05) is 18.2 Å². The average Bonchev–Trinajstić information content (AvgIpc) is 2.58. The maximum atomic E-state index is 11.3. The number of hydrogen-bond acceptors (Lipinski definition) is 2. The maximum Gasteiger partial charge on any atom is 0.239 e. The number of piperazine rings is 1. The van der Waals surface area contributed by atoms with Crippen LogP contribution >= 0.6 is 11.6 Å². The highest BCUT2D eigenvalue weighted by Gasteiger charge is 2.34. The zero-order valence-electron chi connectivity index (χ0n) is 8.16. The van der Waals surface area contributed by atoms with Gasteiger partial charge in [-0.15, -0.1) is 0 Å². The van der Waals surface area contributed by atoms with E-state index in [0.717, 1.165) is 23.7 Å². The Morgan fingerprint density at radius 1 is 1.47 bits per heavy atom. The summed E-state index contributed by atoms with van der Waals surface area (Å²) in [6, 6.07) is 6.28. The van der Waals surface area contributed by atoms with Gasteiger partial charge in [0.1, 0.15) is 0 Å². The first-order valence-electron chi connectivity index (χ1n) is 5.06. The summed E-state index contributed by atoms with van der Waals surface area (Å²) in [6.45, 7) is 1.18. The number of nitrogens with zero attached hydrogens (tertiary/aromatic N) is 1. The number of anilines is 1. The molecular weight excluding hydrogens is 212 g/mol. The lowest BCUT2D eigenvalue weighted by molar-refractivity contribution is -0.120. The van der Waals surface area contributed by atoms with E-state index in [0.29, 0.717) is 12.6 Å². The molecule has 1 amide bonds. The molecule has 0 bridgehead atoms. The Bertz CT molecular complexity index is 433. The minimum absolute atomic E-state index is 0.0964. The SMILES string of the molecule is O=C1CN2c3cccc(Cl)c3CC2CN1. The minimum Gasteiger partial charge on any atom is -0.357 e. The molecule has 2 aliphatic heterocycles. The Labute approximate surface area is 93.0 Å². The van der Waals surface area contributed by atoms with Crippen LogP contribution in [-0.2, 0) is 11.2 Å². The number of carbonyl (C=O) groups excluding carboxylic acids is 1. The van der Waals surface area contributed by atoms with Crippen molar-refractivity contribution in [3.63, 3.8) is 0 Å². The van der Waals surface area contributed by atoms with E-state index in [2.05, 4.69) is 10.2 Å². The summed E-state index contributed by atoms with van der Waals surface area (Å²) >= 11 is 6.14. The van der Waals surface area contributed by atoms with Crippen LogP contribution in [0, 0.1) is 0 Å². The largest absolute Gasteiger partial charge is 0.357 e. The summed E-state index contributed by atoms with van der Waals surface area (Å²) in [5.74, 6) is 0.0964. The number of fused-ring (bicyclic) bond motifs is 3. The molecule has 1 atom stereocenters. The van der Waals surface area contributed by atoms with Crippen molar-refractivity contribution in [1.82, 2.24) is 5.32 Å². The highest BCUT2D eigenvalue weighted by atomic mass is 35.5. The molecule has 3 rings (SSSR count). The molecule has 0 aliphatic carbocycles. The Morgan fingerprint density at radius 2 is 2.33 bits per heavy atom. The van der Waals surface area contributed by atoms with Gasteiger partial charge in [-0.1, -0.05) is 17.7 Å². The van der Waals surface area contributed by atoms with Crippen LogP contribution in [0.5, 0.6) is 0 Å². The molecule has 1 N–H and O–H groups in total. The van der Waals surface area contributed by atoms with Crippen molar-refractivity contribution >= 4 is 23.2 Å². The molecular formula is C11H11ClN2O. The van der Waals surface area contributed by atoms with Crippen molar-refractivity contribution in [3.05, 3.63) is 28.8 Å². The van der Waals surface area contributed by atoms with Crippen LogP contribution in [0.3, 0.4) is 0 Å². The Kier molecular flexibility index (Phi) is 1.89. The minimum atomic E-state index is 0.0964. The van der Waals surface area contributed by atoms with E-state index < -0.39 is 0 Å². The molecule has 78 valence electrons. The van der Waals surface area contributed by atoms with E-state index in [9.17, 15) is 4.79 Å². The van der Waals surface area contributed by atoms with Crippen molar-refractivity contribution in [1.29, 1.82) is 0 Å². The van der Waals surface area contributed by atoms with Gasteiger partial charge in [0, 0.05) is 17.3 Å². The number of amides is 1. The maximum absolute atomic E-state index is 11.3. The van der Waals surface area contributed by atoms with Gasteiger partial charge in [0.15, 0.2) is 0 Å². The average molecular weight is 223 g/mol. The van der Waals surface area contributed by atoms with Crippen molar-refractivity contribution < 1.29 is 4.79 Å². The van der Waals surface area contributed by atoms with Crippen molar-refractivity contribution in [2.24, 2.45) is 0 Å². The second-order valence-electron chi connectivity index (χ2n) is 4.03. The number of hydrogen-bond donors (Lipinski definition) is 1. The Hall–Kier alpha value is -1.22. The summed E-state index contributed by atoms with van der Waals surface area (Å²) in [6.07, 6.45) is 0.940. The van der Waals surface area contributed by atoms with E-state index in [-0.39, 0.29) is 5.91 Å². The van der Waals surface area contributed by atoms with Gasteiger partial charge in [-0.3, -0.25) is 4.79 Å². The topological polar surface area (TPSA) is 32.3 Å². The number of carbonyl (C=O) groups is 1. The lowest BCUT2D eigenvalue weighted by Gasteiger charge is -2.31. The molecule has 0 aromatic heterocycles. The monoisotopic (exact) mass is 222 g/mol. The van der Waals surface area contributed by atoms with Gasteiger partial charge in [0.05, 0.1) is 12.6 Å². The third kappa shape index (κ3) is 1.30. The molecule has 0 saturated carbocycles. The van der Waals surface area contributed by atoms with Crippen LogP contribution in [0.25, 0.3) is 0 Å². The second kappa shape index (κ2) is 3.14.